The van der Waals surface area contributed by atoms with Crippen LogP contribution in [-0.4, -0.2) is 65.3 Å². The molecule has 0 radical (unpaired) electrons. The Morgan fingerprint density at radius 3 is 0.880 bits per heavy atom. The van der Waals surface area contributed by atoms with Gasteiger partial charge in [-0.2, -0.15) is 0 Å². The molecular weight excluding hydrogens is 717 g/mol. The third-order valence-electron chi connectivity index (χ3n) is 10.1. The first kappa shape index (κ1) is 51.1. The van der Waals surface area contributed by atoms with E-state index in [-0.39, 0.29) is 0 Å². The second-order valence-electron chi connectivity index (χ2n) is 17.9. The summed E-state index contributed by atoms with van der Waals surface area (Å²) in [5.74, 6) is 0. The molecule has 0 aliphatic rings. The van der Waals surface area contributed by atoms with E-state index in [4.69, 9.17) is 22.1 Å². The van der Waals surface area contributed by atoms with Crippen LogP contribution in [0.1, 0.15) is 142 Å². The van der Waals surface area contributed by atoms with Gasteiger partial charge in [-0.15, -0.1) is 0 Å². The Hall–Kier alpha value is 1.10. The van der Waals surface area contributed by atoms with Gasteiger partial charge in [0.25, 0.3) is 0 Å². The zero-order valence-electron chi connectivity index (χ0n) is 36.1. The molecule has 0 atom stereocenters. The molecule has 0 N–H and O–H groups in total. The summed E-state index contributed by atoms with van der Waals surface area (Å²) in [4.78, 5) is 10.0. The average molecular weight is 810 g/mol. The minimum Gasteiger partial charge on any atom is -0.420 e. The van der Waals surface area contributed by atoms with Gasteiger partial charge in [-0.25, -0.2) is 9.78 Å². The third kappa shape index (κ3) is 33.7. The summed E-state index contributed by atoms with van der Waals surface area (Å²) in [6, 6.07) is 7.22. The van der Waals surface area contributed by atoms with Crippen LogP contribution in [0.5, 0.6) is 0 Å². The molecule has 50 heavy (non-hydrogen) atoms. The molecule has 0 amide bonds. The van der Waals surface area contributed by atoms with Gasteiger partial charge < -0.3 is 12.3 Å². The van der Waals surface area contributed by atoms with Crippen molar-refractivity contribution in [1.29, 1.82) is 0 Å². The van der Waals surface area contributed by atoms with E-state index in [0.29, 0.717) is 6.61 Å². The van der Waals surface area contributed by atoms with Crippen molar-refractivity contribution in [2.75, 3.05) is 13.2 Å². The lowest BCUT2D eigenvalue weighted by atomic mass is 10.1. The van der Waals surface area contributed by atoms with E-state index in [2.05, 4.69) is 65.5 Å². The average Bonchev–Trinajstić information content (AvgIpc) is 3.01. The normalized spacial score (nSPS) is 13.1. The molecule has 0 aromatic carbocycles. The molecule has 0 aliphatic carbocycles. The van der Waals surface area contributed by atoms with Gasteiger partial charge in [0.2, 0.25) is 0 Å². The van der Waals surface area contributed by atoms with E-state index >= 15 is 0 Å². The number of rotatable bonds is 38. The molecule has 0 rings (SSSR count). The van der Waals surface area contributed by atoms with Gasteiger partial charge in [0, 0.05) is 22.2 Å². The molecule has 0 aromatic rings. The van der Waals surface area contributed by atoms with Gasteiger partial charge in [0.15, 0.2) is 27.1 Å². The summed E-state index contributed by atoms with van der Waals surface area (Å²) >= 11 is 0. The van der Waals surface area contributed by atoms with E-state index in [1.54, 1.807) is 18.1 Å². The van der Waals surface area contributed by atoms with Crippen molar-refractivity contribution in [3.05, 3.63) is 0 Å². The van der Waals surface area contributed by atoms with Gasteiger partial charge in [-0.1, -0.05) is 172 Å². The van der Waals surface area contributed by atoms with E-state index in [0.717, 1.165) is 19.1 Å². The van der Waals surface area contributed by atoms with Crippen LogP contribution >= 0.6 is 0 Å². The maximum absolute atomic E-state index is 6.56. The second-order valence-corrected chi connectivity index (χ2v) is 39.6. The van der Waals surface area contributed by atoms with Crippen molar-refractivity contribution < 1.29 is 22.1 Å². The quantitative estimate of drug-likeness (QED) is 0.0269. The summed E-state index contributed by atoms with van der Waals surface area (Å²) in [5.41, 5.74) is 0. The molecular formula is C39H92O5Si6. The maximum atomic E-state index is 6.56. The molecule has 302 valence electrons. The first-order valence-corrected chi connectivity index (χ1v) is 39.1. The highest BCUT2D eigenvalue weighted by Gasteiger charge is 2.42. The van der Waals surface area contributed by atoms with Crippen molar-refractivity contribution in [2.24, 2.45) is 0 Å². The van der Waals surface area contributed by atoms with Gasteiger partial charge in [0.05, 0.1) is 13.2 Å². The van der Waals surface area contributed by atoms with Crippen LogP contribution in [-0.2, 0) is 22.1 Å². The molecule has 0 bridgehead atoms. The third-order valence-corrected chi connectivity index (χ3v) is 27.8. The van der Waals surface area contributed by atoms with Crippen LogP contribution in [0.15, 0.2) is 0 Å². The molecule has 0 saturated heterocycles. The van der Waals surface area contributed by atoms with E-state index in [1.807, 2.05) is 6.92 Å². The molecule has 0 fully saturated rings. The first-order valence-electron chi connectivity index (χ1n) is 22.0. The largest absolute Gasteiger partial charge is 0.468 e. The molecule has 0 saturated carbocycles. The van der Waals surface area contributed by atoms with E-state index < -0.39 is 52.1 Å². The molecule has 0 spiro atoms. The van der Waals surface area contributed by atoms with E-state index in [1.165, 1.54) is 134 Å². The van der Waals surface area contributed by atoms with Crippen molar-refractivity contribution in [2.45, 2.75) is 237 Å². The summed E-state index contributed by atoms with van der Waals surface area (Å²) in [5, 5.41) is 0. The Morgan fingerprint density at radius 2 is 0.600 bits per heavy atom. The minimum atomic E-state index is -2.45. The van der Waals surface area contributed by atoms with Gasteiger partial charge in [0.1, 0.15) is 0 Å². The van der Waals surface area contributed by atoms with Crippen molar-refractivity contribution in [1.82, 2.24) is 0 Å². The molecule has 0 unspecified atom stereocenters. The maximum Gasteiger partial charge on any atom is 0.468 e. The SMILES string of the molecule is CCOOCCCCCCCCCCC[Si](C)(C)CCCCCCCC[Si](C)(C)CCCCCCCC[Si](O[SiH](C)C)(O[SiH](C)C)O[SiH](C)C. The smallest absolute Gasteiger partial charge is 0.420 e. The van der Waals surface area contributed by atoms with Crippen LogP contribution in [0, 0.1) is 0 Å². The van der Waals surface area contributed by atoms with Crippen molar-refractivity contribution >= 4 is 52.1 Å². The Bertz CT molecular complexity index is 715. The van der Waals surface area contributed by atoms with Gasteiger partial charge in [-0.05, 0) is 59.0 Å². The van der Waals surface area contributed by atoms with Crippen LogP contribution in [0.3, 0.4) is 0 Å². The molecule has 0 aliphatic heterocycles. The van der Waals surface area contributed by atoms with Crippen LogP contribution in [0.25, 0.3) is 0 Å². The fraction of sp³-hybridized carbons (Fsp3) is 1.00. The Labute approximate surface area is 323 Å². The minimum absolute atomic E-state index is 0.647. The Kier molecular flexibility index (Phi) is 33.1. The van der Waals surface area contributed by atoms with E-state index in [9.17, 15) is 0 Å². The Morgan fingerprint density at radius 1 is 0.340 bits per heavy atom. The van der Waals surface area contributed by atoms with Crippen molar-refractivity contribution in [3.8, 4) is 0 Å². The summed E-state index contributed by atoms with van der Waals surface area (Å²) in [6.07, 6.45) is 29.4. The number of hydrogen-bond donors (Lipinski definition) is 0. The molecule has 0 heterocycles. The lowest BCUT2D eigenvalue weighted by molar-refractivity contribution is -0.291. The standard InChI is InChI=1S/C39H92O5Si6/c1-12-40-41-34-28-22-16-14-13-15-17-23-29-35-48(8,9)36-30-24-18-19-25-31-37-49(10,11)38-32-26-20-21-27-33-39-50(42-45(2)3,43-46(4)5)44-47(6)7/h45-47H,12-39H2,1-11H3. The molecule has 5 nitrogen and oxygen atoms in total. The van der Waals surface area contributed by atoms with Crippen LogP contribution in [0.4, 0.5) is 0 Å². The lowest BCUT2D eigenvalue weighted by Gasteiger charge is -2.35. The van der Waals surface area contributed by atoms with Gasteiger partial charge in [-0.3, -0.25) is 0 Å². The highest BCUT2D eigenvalue weighted by molar-refractivity contribution is 6.80. The zero-order chi connectivity index (χ0) is 37.6. The predicted molar refractivity (Wildman–Crippen MR) is 239 cm³/mol. The van der Waals surface area contributed by atoms with Crippen LogP contribution < -0.4 is 0 Å². The van der Waals surface area contributed by atoms with Crippen molar-refractivity contribution in [3.63, 3.8) is 0 Å². The fourth-order valence-corrected chi connectivity index (χ4v) is 25.5. The topological polar surface area (TPSA) is 46.2 Å². The highest BCUT2D eigenvalue weighted by atomic mass is 28.5. The van der Waals surface area contributed by atoms with Crippen LogP contribution in [0.2, 0.25) is 95.7 Å². The second kappa shape index (κ2) is 32.4. The van der Waals surface area contributed by atoms with Gasteiger partial charge >= 0.3 is 8.80 Å². The fourth-order valence-electron chi connectivity index (χ4n) is 7.30. The summed E-state index contributed by atoms with van der Waals surface area (Å²) in [6.45, 7) is 27.6. The molecule has 11 heteroatoms. The monoisotopic (exact) mass is 809 g/mol. The Balaban J connectivity index is 3.80. The number of unbranched alkanes of at least 4 members (excludes halogenated alkanes) is 18. The summed E-state index contributed by atoms with van der Waals surface area (Å²) in [7, 11) is -7.99. The molecule has 0 aromatic heterocycles. The highest BCUT2D eigenvalue weighted by Crippen LogP contribution is 2.27. The predicted octanol–water partition coefficient (Wildman–Crippen LogP) is 13.5. The number of hydrogen-bond acceptors (Lipinski definition) is 5. The lowest BCUT2D eigenvalue weighted by Crippen LogP contribution is -2.53. The zero-order valence-corrected chi connectivity index (χ0v) is 42.5. The summed E-state index contributed by atoms with van der Waals surface area (Å²) < 4.78 is 19.7. The first-order chi connectivity index (χ1) is 23.7.